The molecule has 0 aliphatic rings. The van der Waals surface area contributed by atoms with E-state index in [1.54, 1.807) is 10.7 Å². The Kier molecular flexibility index (Phi) is 2.52. The van der Waals surface area contributed by atoms with E-state index < -0.39 is 0 Å². The van der Waals surface area contributed by atoms with Crippen LogP contribution in [0.3, 0.4) is 0 Å². The lowest BCUT2D eigenvalue weighted by Gasteiger charge is -2.01. The molecule has 0 aliphatic carbocycles. The van der Waals surface area contributed by atoms with Gasteiger partial charge < -0.3 is 9.55 Å². The number of hydrogen-bond acceptors (Lipinski definition) is 2. The van der Waals surface area contributed by atoms with Gasteiger partial charge in [0.05, 0.1) is 23.3 Å². The molecule has 1 aromatic carbocycles. The summed E-state index contributed by atoms with van der Waals surface area (Å²) in [6.07, 6.45) is 1.88. The highest BCUT2D eigenvalue weighted by atomic mass is 32.1. The molecule has 2 aromatic heterocycles. The van der Waals surface area contributed by atoms with Gasteiger partial charge >= 0.3 is 0 Å². The molecule has 0 amide bonds. The minimum absolute atomic E-state index is 0.274. The molecule has 3 aromatic rings. The molecule has 0 aliphatic heterocycles. The SMILES string of the molecule is Cn1ccc(Cn2c(=S)[nH]c3cc(F)ccc32)n1. The average molecular weight is 262 g/mol. The first kappa shape index (κ1) is 11.2. The van der Waals surface area contributed by atoms with Gasteiger partial charge in [0, 0.05) is 13.2 Å². The maximum Gasteiger partial charge on any atom is 0.178 e. The van der Waals surface area contributed by atoms with Crippen molar-refractivity contribution in [3.63, 3.8) is 0 Å². The third-order valence-electron chi connectivity index (χ3n) is 2.83. The fourth-order valence-corrected chi connectivity index (χ4v) is 2.28. The number of H-pyrrole nitrogens is 1. The Morgan fingerprint density at radius 3 is 2.94 bits per heavy atom. The second-order valence-electron chi connectivity index (χ2n) is 4.16. The van der Waals surface area contributed by atoms with Crippen LogP contribution in [0.1, 0.15) is 5.69 Å². The van der Waals surface area contributed by atoms with E-state index >= 15 is 0 Å². The van der Waals surface area contributed by atoms with Crippen LogP contribution in [0.15, 0.2) is 30.5 Å². The summed E-state index contributed by atoms with van der Waals surface area (Å²) in [5, 5.41) is 4.31. The number of imidazole rings is 1. The molecule has 3 rings (SSSR count). The van der Waals surface area contributed by atoms with Gasteiger partial charge in [-0.25, -0.2) is 4.39 Å². The van der Waals surface area contributed by atoms with Crippen molar-refractivity contribution in [2.75, 3.05) is 0 Å². The smallest absolute Gasteiger partial charge is 0.178 e. The Hall–Kier alpha value is -1.95. The predicted octanol–water partition coefficient (Wildman–Crippen LogP) is 2.62. The van der Waals surface area contributed by atoms with Gasteiger partial charge in [-0.15, -0.1) is 0 Å². The summed E-state index contributed by atoms with van der Waals surface area (Å²) in [7, 11) is 1.87. The van der Waals surface area contributed by atoms with Gasteiger partial charge in [0.1, 0.15) is 5.82 Å². The number of nitrogens with one attached hydrogen (secondary N) is 1. The van der Waals surface area contributed by atoms with Crippen LogP contribution in [0.5, 0.6) is 0 Å². The lowest BCUT2D eigenvalue weighted by molar-refractivity contribution is 0.629. The standard InChI is InChI=1S/C12H11FN4S/c1-16-5-4-9(15-16)7-17-11-3-2-8(13)6-10(11)14-12(17)18/h2-6H,7H2,1H3,(H,14,18). The van der Waals surface area contributed by atoms with Crippen molar-refractivity contribution in [2.24, 2.45) is 7.05 Å². The van der Waals surface area contributed by atoms with Gasteiger partial charge in [-0.05, 0) is 36.5 Å². The van der Waals surface area contributed by atoms with Crippen LogP contribution >= 0.6 is 12.2 Å². The molecule has 0 saturated heterocycles. The van der Waals surface area contributed by atoms with Gasteiger partial charge in [-0.2, -0.15) is 5.10 Å². The molecule has 0 radical (unpaired) electrons. The first-order chi connectivity index (χ1) is 8.63. The van der Waals surface area contributed by atoms with E-state index in [1.807, 2.05) is 23.9 Å². The summed E-state index contributed by atoms with van der Waals surface area (Å²) in [6, 6.07) is 6.53. The van der Waals surface area contributed by atoms with E-state index in [-0.39, 0.29) is 5.82 Å². The molecule has 0 unspecified atom stereocenters. The van der Waals surface area contributed by atoms with Crippen LogP contribution in [0.2, 0.25) is 0 Å². The van der Waals surface area contributed by atoms with Crippen LogP contribution in [0.4, 0.5) is 4.39 Å². The number of aromatic amines is 1. The quantitative estimate of drug-likeness (QED) is 0.721. The maximum atomic E-state index is 13.1. The fourth-order valence-electron chi connectivity index (χ4n) is 2.00. The molecule has 6 heteroatoms. The highest BCUT2D eigenvalue weighted by molar-refractivity contribution is 7.71. The molecule has 2 heterocycles. The number of fused-ring (bicyclic) bond motifs is 1. The molecule has 1 N–H and O–H groups in total. The normalized spacial score (nSPS) is 11.2. The lowest BCUT2D eigenvalue weighted by Crippen LogP contribution is -2.01. The number of nitrogens with zero attached hydrogens (tertiary/aromatic N) is 3. The van der Waals surface area contributed by atoms with Gasteiger partial charge in [0.2, 0.25) is 0 Å². The zero-order chi connectivity index (χ0) is 12.7. The summed E-state index contributed by atoms with van der Waals surface area (Å²) < 4.78 is 17.4. The van der Waals surface area contributed by atoms with Crippen molar-refractivity contribution < 1.29 is 4.39 Å². The first-order valence-corrected chi connectivity index (χ1v) is 5.91. The molecule has 18 heavy (non-hydrogen) atoms. The number of halogens is 1. The third-order valence-corrected chi connectivity index (χ3v) is 3.15. The van der Waals surface area contributed by atoms with E-state index in [9.17, 15) is 4.39 Å². The van der Waals surface area contributed by atoms with Crippen molar-refractivity contribution >= 4 is 23.3 Å². The second kappa shape index (κ2) is 4.06. The first-order valence-electron chi connectivity index (χ1n) is 5.50. The van der Waals surface area contributed by atoms with E-state index in [0.717, 1.165) is 11.2 Å². The van der Waals surface area contributed by atoms with Crippen molar-refractivity contribution in [1.82, 2.24) is 19.3 Å². The zero-order valence-corrected chi connectivity index (χ0v) is 10.5. The summed E-state index contributed by atoms with van der Waals surface area (Å²) in [4.78, 5) is 3.00. The third kappa shape index (κ3) is 1.84. The van der Waals surface area contributed by atoms with Crippen LogP contribution in [-0.2, 0) is 13.6 Å². The van der Waals surface area contributed by atoms with Crippen LogP contribution in [0, 0.1) is 10.6 Å². The van der Waals surface area contributed by atoms with Crippen LogP contribution < -0.4 is 0 Å². The van der Waals surface area contributed by atoms with E-state index in [1.165, 1.54) is 12.1 Å². The minimum Gasteiger partial charge on any atom is -0.330 e. The number of aryl methyl sites for hydroxylation is 1. The zero-order valence-electron chi connectivity index (χ0n) is 9.72. The fraction of sp³-hybridized carbons (Fsp3) is 0.167. The monoisotopic (exact) mass is 262 g/mol. The average Bonchev–Trinajstić information content (AvgIpc) is 2.84. The van der Waals surface area contributed by atoms with Crippen molar-refractivity contribution in [2.45, 2.75) is 6.54 Å². The summed E-state index contributed by atoms with van der Waals surface area (Å²) in [5.74, 6) is -0.274. The second-order valence-corrected chi connectivity index (χ2v) is 4.55. The molecular formula is C12H11FN4S. The van der Waals surface area contributed by atoms with Crippen molar-refractivity contribution in [1.29, 1.82) is 0 Å². The van der Waals surface area contributed by atoms with Crippen molar-refractivity contribution in [3.8, 4) is 0 Å². The molecule has 0 fully saturated rings. The van der Waals surface area contributed by atoms with Crippen molar-refractivity contribution in [3.05, 3.63) is 46.7 Å². The van der Waals surface area contributed by atoms with Crippen LogP contribution in [0.25, 0.3) is 11.0 Å². The Morgan fingerprint density at radius 2 is 2.22 bits per heavy atom. The molecule has 0 saturated carbocycles. The molecular weight excluding hydrogens is 251 g/mol. The number of hydrogen-bond donors (Lipinski definition) is 1. The van der Waals surface area contributed by atoms with E-state index in [4.69, 9.17) is 12.2 Å². The highest BCUT2D eigenvalue weighted by Gasteiger charge is 2.07. The molecule has 0 bridgehead atoms. The van der Waals surface area contributed by atoms with Gasteiger partial charge in [0.25, 0.3) is 0 Å². The Balaban J connectivity index is 2.11. The predicted molar refractivity (Wildman–Crippen MR) is 69.4 cm³/mol. The maximum absolute atomic E-state index is 13.1. The van der Waals surface area contributed by atoms with E-state index in [2.05, 4.69) is 10.1 Å². The van der Waals surface area contributed by atoms with Crippen LogP contribution in [-0.4, -0.2) is 19.3 Å². The lowest BCUT2D eigenvalue weighted by atomic mass is 10.3. The largest absolute Gasteiger partial charge is 0.330 e. The van der Waals surface area contributed by atoms with Gasteiger partial charge in [-0.3, -0.25) is 4.68 Å². The Labute approximate surface area is 108 Å². The number of rotatable bonds is 2. The van der Waals surface area contributed by atoms with E-state index in [0.29, 0.717) is 16.8 Å². The molecule has 92 valence electrons. The molecule has 0 atom stereocenters. The Bertz CT molecular complexity index is 768. The molecule has 4 nitrogen and oxygen atoms in total. The summed E-state index contributed by atoms with van der Waals surface area (Å²) in [6.45, 7) is 0.575. The summed E-state index contributed by atoms with van der Waals surface area (Å²) >= 11 is 5.25. The topological polar surface area (TPSA) is 38.5 Å². The highest BCUT2D eigenvalue weighted by Crippen LogP contribution is 2.16. The number of aromatic nitrogens is 4. The minimum atomic E-state index is -0.274. The molecule has 0 spiro atoms. The summed E-state index contributed by atoms with van der Waals surface area (Å²) in [5.41, 5.74) is 2.50. The number of benzene rings is 1. The Morgan fingerprint density at radius 1 is 1.39 bits per heavy atom. The van der Waals surface area contributed by atoms with Gasteiger partial charge in [-0.1, -0.05) is 0 Å². The van der Waals surface area contributed by atoms with Gasteiger partial charge in [0.15, 0.2) is 4.77 Å².